The first-order chi connectivity index (χ1) is 6.81. The van der Waals surface area contributed by atoms with Crippen LogP contribution in [0.3, 0.4) is 0 Å². The number of thioether (sulfide) groups is 1. The zero-order chi connectivity index (χ0) is 10.4. The molecule has 0 unspecified atom stereocenters. The molecule has 0 N–H and O–H groups in total. The van der Waals surface area contributed by atoms with Gasteiger partial charge in [-0.3, -0.25) is 0 Å². The Kier molecular flexibility index (Phi) is 4.99. The Morgan fingerprint density at radius 2 is 2.29 bits per heavy atom. The second-order valence-corrected chi connectivity index (χ2v) is 5.24. The van der Waals surface area contributed by atoms with Crippen molar-refractivity contribution in [2.75, 3.05) is 5.75 Å². The largest absolute Gasteiger partial charge is 0.244 e. The summed E-state index contributed by atoms with van der Waals surface area (Å²) in [5.41, 5.74) is 0.992. The monoisotopic (exact) mass is 226 g/mol. The molecule has 14 heavy (non-hydrogen) atoms. The highest BCUT2D eigenvalue weighted by Gasteiger charge is 2.09. The summed E-state index contributed by atoms with van der Waals surface area (Å²) >= 11 is 3.40. The molecule has 0 saturated carbocycles. The zero-order valence-electron chi connectivity index (χ0n) is 8.54. The second kappa shape index (κ2) is 6.05. The van der Waals surface area contributed by atoms with Gasteiger partial charge in [0.2, 0.25) is 0 Å². The molecule has 4 heteroatoms. The van der Waals surface area contributed by atoms with Gasteiger partial charge in [-0.2, -0.15) is 17.0 Å². The molecule has 0 aromatic carbocycles. The van der Waals surface area contributed by atoms with E-state index in [-0.39, 0.29) is 0 Å². The van der Waals surface area contributed by atoms with Crippen LogP contribution >= 0.6 is 23.1 Å². The Hall–Kier alpha value is -0.530. The summed E-state index contributed by atoms with van der Waals surface area (Å²) in [7, 11) is 0. The van der Waals surface area contributed by atoms with Crippen LogP contribution in [0.15, 0.2) is 0 Å². The van der Waals surface area contributed by atoms with E-state index in [9.17, 15) is 0 Å². The molecular formula is C10H14N2S2. The predicted molar refractivity (Wildman–Crippen MR) is 62.7 cm³/mol. The summed E-state index contributed by atoms with van der Waals surface area (Å²) < 4.78 is 0. The summed E-state index contributed by atoms with van der Waals surface area (Å²) in [6.07, 6.45) is 1.98. The fourth-order valence-electron chi connectivity index (χ4n) is 1.15. The molecule has 2 nitrogen and oxygen atoms in total. The third kappa shape index (κ3) is 3.00. The summed E-state index contributed by atoms with van der Waals surface area (Å²) in [4.78, 5) is 5.29. The van der Waals surface area contributed by atoms with E-state index < -0.39 is 0 Å². The molecular weight excluding hydrogens is 212 g/mol. The Balaban J connectivity index is 2.74. The first-order valence-corrected chi connectivity index (χ1v) is 6.75. The summed E-state index contributed by atoms with van der Waals surface area (Å²) in [5.74, 6) is 2.05. The lowest BCUT2D eigenvalue weighted by atomic mass is 10.2. The van der Waals surface area contributed by atoms with Gasteiger partial charge in [0.05, 0.1) is 5.69 Å². The van der Waals surface area contributed by atoms with Gasteiger partial charge in [-0.1, -0.05) is 20.3 Å². The number of thiazole rings is 1. The maximum Gasteiger partial charge on any atom is 0.128 e. The topological polar surface area (TPSA) is 36.7 Å². The van der Waals surface area contributed by atoms with Crippen LogP contribution in [0.2, 0.25) is 0 Å². The minimum atomic E-state index is 0.804. The van der Waals surface area contributed by atoms with Crippen LogP contribution in [-0.4, -0.2) is 10.7 Å². The molecule has 0 amide bonds. The van der Waals surface area contributed by atoms with Crippen molar-refractivity contribution in [2.24, 2.45) is 0 Å². The van der Waals surface area contributed by atoms with Crippen LogP contribution < -0.4 is 0 Å². The van der Waals surface area contributed by atoms with Gasteiger partial charge in [-0.25, -0.2) is 4.98 Å². The Labute approximate surface area is 93.4 Å². The molecule has 1 heterocycles. The van der Waals surface area contributed by atoms with Crippen LogP contribution in [0.4, 0.5) is 0 Å². The number of hydrogen-bond donors (Lipinski definition) is 0. The quantitative estimate of drug-likeness (QED) is 0.773. The van der Waals surface area contributed by atoms with Gasteiger partial charge in [0.25, 0.3) is 0 Å². The average molecular weight is 226 g/mol. The van der Waals surface area contributed by atoms with Crippen LogP contribution in [0.1, 0.15) is 35.8 Å². The number of aromatic nitrogens is 1. The lowest BCUT2D eigenvalue weighted by molar-refractivity contribution is 0.884. The van der Waals surface area contributed by atoms with Crippen LogP contribution in [0.25, 0.3) is 0 Å². The fourth-order valence-corrected chi connectivity index (χ4v) is 2.78. The number of nitriles is 1. The number of nitrogens with zero attached hydrogens (tertiary/aromatic N) is 2. The molecule has 1 aromatic heterocycles. The van der Waals surface area contributed by atoms with Gasteiger partial charge in [0.15, 0.2) is 0 Å². The minimum Gasteiger partial charge on any atom is -0.244 e. The number of aryl methyl sites for hydroxylation is 1. The molecule has 0 aliphatic heterocycles. The van der Waals surface area contributed by atoms with Crippen molar-refractivity contribution in [3.63, 3.8) is 0 Å². The van der Waals surface area contributed by atoms with E-state index in [1.165, 1.54) is 0 Å². The summed E-state index contributed by atoms with van der Waals surface area (Å²) in [5, 5.41) is 9.99. The van der Waals surface area contributed by atoms with Crippen molar-refractivity contribution in [2.45, 2.75) is 32.4 Å². The second-order valence-electron chi connectivity index (χ2n) is 2.88. The Bertz CT molecular complexity index is 325. The van der Waals surface area contributed by atoms with E-state index in [1.54, 1.807) is 11.3 Å². The minimum absolute atomic E-state index is 0.804. The maximum absolute atomic E-state index is 8.90. The number of rotatable bonds is 5. The van der Waals surface area contributed by atoms with Gasteiger partial charge >= 0.3 is 0 Å². The molecule has 0 aliphatic carbocycles. The Morgan fingerprint density at radius 1 is 1.50 bits per heavy atom. The fraction of sp³-hybridized carbons (Fsp3) is 0.600. The number of hydrogen-bond acceptors (Lipinski definition) is 4. The van der Waals surface area contributed by atoms with Crippen molar-refractivity contribution in [1.82, 2.24) is 4.98 Å². The van der Waals surface area contributed by atoms with E-state index in [0.29, 0.717) is 0 Å². The van der Waals surface area contributed by atoms with Crippen molar-refractivity contribution in [1.29, 1.82) is 5.26 Å². The molecule has 0 radical (unpaired) electrons. The van der Waals surface area contributed by atoms with E-state index in [1.807, 2.05) is 11.8 Å². The van der Waals surface area contributed by atoms with Crippen molar-refractivity contribution in [3.8, 4) is 6.07 Å². The molecule has 76 valence electrons. The molecule has 0 fully saturated rings. The van der Waals surface area contributed by atoms with Gasteiger partial charge in [-0.15, -0.1) is 11.3 Å². The van der Waals surface area contributed by atoms with Crippen molar-refractivity contribution in [3.05, 3.63) is 15.6 Å². The first kappa shape index (κ1) is 11.5. The van der Waals surface area contributed by atoms with Crippen LogP contribution in [0, 0.1) is 11.3 Å². The van der Waals surface area contributed by atoms with E-state index >= 15 is 0 Å². The molecule has 0 bridgehead atoms. The zero-order valence-corrected chi connectivity index (χ0v) is 10.2. The molecule has 0 aliphatic rings. The molecule has 1 rings (SSSR count). The van der Waals surface area contributed by atoms with Crippen molar-refractivity contribution < 1.29 is 0 Å². The van der Waals surface area contributed by atoms with E-state index in [2.05, 4.69) is 24.9 Å². The average Bonchev–Trinajstić information content (AvgIpc) is 2.58. The Morgan fingerprint density at radius 3 is 2.86 bits per heavy atom. The van der Waals surface area contributed by atoms with Crippen molar-refractivity contribution >= 4 is 23.1 Å². The molecule has 1 aromatic rings. The third-order valence-electron chi connectivity index (χ3n) is 1.76. The van der Waals surface area contributed by atoms with E-state index in [0.717, 1.165) is 39.9 Å². The first-order valence-electron chi connectivity index (χ1n) is 4.78. The SMILES string of the molecule is CCCc1nc(CSCC)sc1C#N. The lowest BCUT2D eigenvalue weighted by Crippen LogP contribution is -1.87. The normalized spacial score (nSPS) is 10.1. The van der Waals surface area contributed by atoms with Crippen LogP contribution in [0.5, 0.6) is 0 Å². The lowest BCUT2D eigenvalue weighted by Gasteiger charge is -1.92. The van der Waals surface area contributed by atoms with E-state index in [4.69, 9.17) is 5.26 Å². The standard InChI is InChI=1S/C10H14N2S2/c1-3-5-8-9(6-11)14-10(12-8)7-13-4-2/h3-5,7H2,1-2H3. The van der Waals surface area contributed by atoms with Crippen LogP contribution in [-0.2, 0) is 12.2 Å². The molecule has 0 spiro atoms. The van der Waals surface area contributed by atoms with Gasteiger partial charge in [0.1, 0.15) is 16.0 Å². The highest BCUT2D eigenvalue weighted by atomic mass is 32.2. The maximum atomic E-state index is 8.90. The summed E-state index contributed by atoms with van der Waals surface area (Å²) in [6.45, 7) is 4.25. The van der Waals surface area contributed by atoms with Gasteiger partial charge in [0, 0.05) is 5.75 Å². The van der Waals surface area contributed by atoms with Gasteiger partial charge < -0.3 is 0 Å². The smallest absolute Gasteiger partial charge is 0.128 e. The highest BCUT2D eigenvalue weighted by Crippen LogP contribution is 2.22. The van der Waals surface area contributed by atoms with Gasteiger partial charge in [-0.05, 0) is 12.2 Å². The predicted octanol–water partition coefficient (Wildman–Crippen LogP) is 3.22. The third-order valence-corrected chi connectivity index (χ3v) is 3.83. The summed E-state index contributed by atoms with van der Waals surface area (Å²) in [6, 6.07) is 2.22. The molecule has 0 saturated heterocycles. The molecule has 0 atom stereocenters. The highest BCUT2D eigenvalue weighted by molar-refractivity contribution is 7.98.